The summed E-state index contributed by atoms with van der Waals surface area (Å²) in [4.78, 5) is 11.9. The first kappa shape index (κ1) is 13.8. The van der Waals surface area contributed by atoms with Crippen molar-refractivity contribution in [3.05, 3.63) is 47.5 Å². The van der Waals surface area contributed by atoms with E-state index in [1.54, 1.807) is 24.3 Å². The largest absolute Gasteiger partial charge is 0.462 e. The lowest BCUT2D eigenvalue weighted by Gasteiger charge is -2.28. The first-order valence-corrected chi connectivity index (χ1v) is 6.51. The Labute approximate surface area is 113 Å². The molecule has 3 nitrogen and oxygen atoms in total. The van der Waals surface area contributed by atoms with Gasteiger partial charge in [0, 0.05) is 5.92 Å². The van der Waals surface area contributed by atoms with Crippen LogP contribution in [0, 0.1) is 11.3 Å². The van der Waals surface area contributed by atoms with Crippen molar-refractivity contribution in [2.24, 2.45) is 11.3 Å². The predicted molar refractivity (Wildman–Crippen MR) is 73.8 cm³/mol. The van der Waals surface area contributed by atoms with Crippen molar-refractivity contribution in [1.29, 1.82) is 0 Å². The molecule has 102 valence electrons. The van der Waals surface area contributed by atoms with Gasteiger partial charge in [-0.1, -0.05) is 38.1 Å². The Morgan fingerprint density at radius 1 is 1.32 bits per heavy atom. The fraction of sp³-hybridized carbons (Fsp3) is 0.438. The second kappa shape index (κ2) is 5.17. The van der Waals surface area contributed by atoms with E-state index in [4.69, 9.17) is 4.74 Å². The zero-order chi connectivity index (χ0) is 14.0. The molecule has 1 aliphatic carbocycles. The number of esters is 1. The van der Waals surface area contributed by atoms with Crippen LogP contribution in [0.5, 0.6) is 0 Å². The number of carbonyl (C=O) groups is 1. The van der Waals surface area contributed by atoms with Crippen molar-refractivity contribution in [3.63, 3.8) is 0 Å². The number of aliphatic hydroxyl groups is 1. The average Bonchev–Trinajstić information content (AvgIpc) is 2.57. The Balaban J connectivity index is 1.99. The van der Waals surface area contributed by atoms with Gasteiger partial charge in [-0.3, -0.25) is 0 Å². The van der Waals surface area contributed by atoms with Crippen molar-refractivity contribution < 1.29 is 14.6 Å². The third-order valence-corrected chi connectivity index (χ3v) is 3.81. The maximum atomic E-state index is 11.9. The minimum atomic E-state index is -0.529. The van der Waals surface area contributed by atoms with E-state index < -0.39 is 6.10 Å². The summed E-state index contributed by atoms with van der Waals surface area (Å²) in [6, 6.07) is 8.91. The molecule has 0 fully saturated rings. The van der Waals surface area contributed by atoms with Gasteiger partial charge < -0.3 is 9.84 Å². The minimum absolute atomic E-state index is 0.0832. The fourth-order valence-electron chi connectivity index (χ4n) is 2.63. The topological polar surface area (TPSA) is 46.5 Å². The number of rotatable bonds is 3. The molecular weight excluding hydrogens is 240 g/mol. The third kappa shape index (κ3) is 2.87. The Morgan fingerprint density at radius 2 is 1.95 bits per heavy atom. The van der Waals surface area contributed by atoms with Crippen LogP contribution in [-0.4, -0.2) is 23.8 Å². The SMILES string of the molecule is CC1=CC(C)(C)C(COC(=O)c2ccccc2)C1O. The quantitative estimate of drug-likeness (QED) is 0.671. The summed E-state index contributed by atoms with van der Waals surface area (Å²) in [5.74, 6) is -0.423. The molecule has 1 N–H and O–H groups in total. The Kier molecular flexibility index (Phi) is 3.76. The van der Waals surface area contributed by atoms with Gasteiger partial charge in [-0.25, -0.2) is 4.79 Å². The lowest BCUT2D eigenvalue weighted by molar-refractivity contribution is 0.0153. The number of aliphatic hydroxyl groups excluding tert-OH is 1. The lowest BCUT2D eigenvalue weighted by atomic mass is 9.81. The molecule has 0 amide bonds. The molecule has 1 aromatic rings. The first-order valence-electron chi connectivity index (χ1n) is 6.51. The van der Waals surface area contributed by atoms with Crippen LogP contribution in [0.2, 0.25) is 0 Å². The highest BCUT2D eigenvalue weighted by Gasteiger charge is 2.40. The van der Waals surface area contributed by atoms with Crippen molar-refractivity contribution in [2.45, 2.75) is 26.9 Å². The second-order valence-electron chi connectivity index (χ2n) is 5.73. The number of hydrogen-bond acceptors (Lipinski definition) is 3. The van der Waals surface area contributed by atoms with Crippen molar-refractivity contribution >= 4 is 5.97 Å². The van der Waals surface area contributed by atoms with Crippen LogP contribution in [0.1, 0.15) is 31.1 Å². The predicted octanol–water partition coefficient (Wildman–Crippen LogP) is 2.81. The van der Waals surface area contributed by atoms with Gasteiger partial charge in [-0.2, -0.15) is 0 Å². The van der Waals surface area contributed by atoms with Gasteiger partial charge in [0.15, 0.2) is 0 Å². The molecule has 0 aromatic heterocycles. The third-order valence-electron chi connectivity index (χ3n) is 3.81. The average molecular weight is 260 g/mol. The first-order chi connectivity index (χ1) is 8.92. The summed E-state index contributed by atoms with van der Waals surface area (Å²) in [6.45, 7) is 6.24. The van der Waals surface area contributed by atoms with Crippen molar-refractivity contribution in [1.82, 2.24) is 0 Å². The van der Waals surface area contributed by atoms with Gasteiger partial charge in [0.25, 0.3) is 0 Å². The fourth-order valence-corrected chi connectivity index (χ4v) is 2.63. The van der Waals surface area contributed by atoms with Crippen LogP contribution in [0.3, 0.4) is 0 Å². The second-order valence-corrected chi connectivity index (χ2v) is 5.73. The van der Waals surface area contributed by atoms with Gasteiger partial charge in [0.05, 0.1) is 18.3 Å². The molecule has 2 unspecified atom stereocenters. The minimum Gasteiger partial charge on any atom is -0.462 e. The molecule has 3 heteroatoms. The number of hydrogen-bond donors (Lipinski definition) is 1. The Hall–Kier alpha value is -1.61. The summed E-state index contributed by atoms with van der Waals surface area (Å²) in [5.41, 5.74) is 1.34. The molecule has 2 atom stereocenters. The molecule has 0 heterocycles. The zero-order valence-electron chi connectivity index (χ0n) is 11.6. The number of allylic oxidation sites excluding steroid dienone is 1. The van der Waals surface area contributed by atoms with Crippen LogP contribution in [0.15, 0.2) is 42.0 Å². The normalized spacial score (nSPS) is 24.9. The standard InChI is InChI=1S/C16H20O3/c1-11-9-16(2,3)13(14(11)17)10-19-15(18)12-7-5-4-6-8-12/h4-9,13-14,17H,10H2,1-3H3. The van der Waals surface area contributed by atoms with E-state index in [-0.39, 0.29) is 23.9 Å². The van der Waals surface area contributed by atoms with Crippen molar-refractivity contribution in [3.8, 4) is 0 Å². The summed E-state index contributed by atoms with van der Waals surface area (Å²) in [7, 11) is 0. The van der Waals surface area contributed by atoms with E-state index in [0.29, 0.717) is 5.56 Å². The smallest absolute Gasteiger partial charge is 0.338 e. The van der Waals surface area contributed by atoms with Crippen molar-refractivity contribution in [2.75, 3.05) is 6.61 Å². The van der Waals surface area contributed by atoms with Crippen LogP contribution in [0.4, 0.5) is 0 Å². The Morgan fingerprint density at radius 3 is 2.47 bits per heavy atom. The van der Waals surface area contributed by atoms with E-state index in [2.05, 4.69) is 6.08 Å². The van der Waals surface area contributed by atoms with Gasteiger partial charge in [-0.05, 0) is 30.0 Å². The highest BCUT2D eigenvalue weighted by atomic mass is 16.5. The Bertz CT molecular complexity index is 488. The molecule has 0 spiro atoms. The van der Waals surface area contributed by atoms with Crippen LogP contribution in [-0.2, 0) is 4.74 Å². The van der Waals surface area contributed by atoms with E-state index in [1.807, 2.05) is 26.8 Å². The molecule has 1 aliphatic rings. The molecule has 19 heavy (non-hydrogen) atoms. The summed E-state index contributed by atoms with van der Waals surface area (Å²) < 4.78 is 5.33. The molecule has 1 aromatic carbocycles. The molecule has 0 radical (unpaired) electrons. The van der Waals surface area contributed by atoms with Gasteiger partial charge >= 0.3 is 5.97 Å². The highest BCUT2D eigenvalue weighted by Crippen LogP contribution is 2.41. The number of carbonyl (C=O) groups excluding carboxylic acids is 1. The zero-order valence-corrected chi connectivity index (χ0v) is 11.6. The lowest BCUT2D eigenvalue weighted by Crippen LogP contribution is -2.32. The maximum Gasteiger partial charge on any atom is 0.338 e. The van der Waals surface area contributed by atoms with Crippen LogP contribution < -0.4 is 0 Å². The number of ether oxygens (including phenoxy) is 1. The molecule has 0 saturated carbocycles. The molecule has 0 bridgehead atoms. The monoisotopic (exact) mass is 260 g/mol. The number of benzene rings is 1. The summed E-state index contributed by atoms with van der Waals surface area (Å²) >= 11 is 0. The van der Waals surface area contributed by atoms with E-state index >= 15 is 0 Å². The molecular formula is C16H20O3. The van der Waals surface area contributed by atoms with Crippen LogP contribution >= 0.6 is 0 Å². The van der Waals surface area contributed by atoms with Gasteiger partial charge in [-0.15, -0.1) is 0 Å². The van der Waals surface area contributed by atoms with E-state index in [9.17, 15) is 9.90 Å². The molecule has 0 aliphatic heterocycles. The van der Waals surface area contributed by atoms with Crippen LogP contribution in [0.25, 0.3) is 0 Å². The summed E-state index contributed by atoms with van der Waals surface area (Å²) in [6.07, 6.45) is 1.53. The highest BCUT2D eigenvalue weighted by molar-refractivity contribution is 5.89. The maximum absolute atomic E-state index is 11.9. The van der Waals surface area contributed by atoms with E-state index in [0.717, 1.165) is 5.57 Å². The molecule has 0 saturated heterocycles. The van der Waals surface area contributed by atoms with Gasteiger partial charge in [0.2, 0.25) is 0 Å². The summed E-state index contributed by atoms with van der Waals surface area (Å²) in [5, 5.41) is 10.1. The molecule has 2 rings (SSSR count). The van der Waals surface area contributed by atoms with E-state index in [1.165, 1.54) is 0 Å². The van der Waals surface area contributed by atoms with Gasteiger partial charge in [0.1, 0.15) is 0 Å².